The highest BCUT2D eigenvalue weighted by molar-refractivity contribution is 6.10. The van der Waals surface area contributed by atoms with Crippen LogP contribution in [0.3, 0.4) is 0 Å². The molecule has 2 aliphatic heterocycles. The average Bonchev–Trinajstić information content (AvgIpc) is 3.51. The number of nitrogens with zero attached hydrogens (tertiary/aromatic N) is 1. The van der Waals surface area contributed by atoms with Crippen LogP contribution >= 0.6 is 0 Å². The molecule has 10 heteroatoms. The number of carbonyl (C=O) groups is 4. The number of hydrogen-bond acceptors (Lipinski definition) is 6. The molecule has 5 rings (SSSR count). The number of furan rings is 1. The number of carbonyl (C=O) groups excluding carboxylic acids is 4. The summed E-state index contributed by atoms with van der Waals surface area (Å²) in [5.74, 6) is -0.257. The SMILES string of the molecule is CCNC(=O)NCc1ccc2oc([C@]3(CN4Cc5ccc(OC)cc5C4=O)CC(=O)NC3=O)cc2c1. The highest BCUT2D eigenvalue weighted by Crippen LogP contribution is 2.39. The molecule has 10 nitrogen and oxygen atoms in total. The molecular weight excluding hydrogens is 464 g/mol. The Morgan fingerprint density at radius 3 is 2.69 bits per heavy atom. The zero-order valence-corrected chi connectivity index (χ0v) is 20.0. The van der Waals surface area contributed by atoms with E-state index in [4.69, 9.17) is 9.15 Å². The predicted octanol–water partition coefficient (Wildman–Crippen LogP) is 2.20. The van der Waals surface area contributed by atoms with Crippen LogP contribution < -0.4 is 20.7 Å². The van der Waals surface area contributed by atoms with E-state index < -0.39 is 17.2 Å². The molecular formula is C26H26N4O6. The topological polar surface area (TPSA) is 130 Å². The number of urea groups is 1. The Bertz CT molecular complexity index is 1400. The van der Waals surface area contributed by atoms with Crippen LogP contribution in [0.1, 0.15) is 40.6 Å². The predicted molar refractivity (Wildman–Crippen MR) is 129 cm³/mol. The molecule has 1 atom stereocenters. The van der Waals surface area contributed by atoms with E-state index in [2.05, 4.69) is 16.0 Å². The first kappa shape index (κ1) is 23.4. The number of fused-ring (bicyclic) bond motifs is 2. The number of hydrogen-bond donors (Lipinski definition) is 3. The average molecular weight is 491 g/mol. The molecule has 0 unspecified atom stereocenters. The van der Waals surface area contributed by atoms with Crippen molar-refractivity contribution in [1.29, 1.82) is 0 Å². The molecule has 1 fully saturated rings. The summed E-state index contributed by atoms with van der Waals surface area (Å²) in [5, 5.41) is 8.56. The monoisotopic (exact) mass is 490 g/mol. The molecule has 3 heterocycles. The zero-order chi connectivity index (χ0) is 25.4. The van der Waals surface area contributed by atoms with Crippen LogP contribution in [0.2, 0.25) is 0 Å². The fourth-order valence-corrected chi connectivity index (χ4v) is 4.81. The van der Waals surface area contributed by atoms with Gasteiger partial charge in [0.15, 0.2) is 0 Å². The van der Waals surface area contributed by atoms with Gasteiger partial charge < -0.3 is 24.7 Å². The van der Waals surface area contributed by atoms with Gasteiger partial charge in [-0.2, -0.15) is 0 Å². The third kappa shape index (κ3) is 4.04. The lowest BCUT2D eigenvalue weighted by molar-refractivity contribution is -0.127. The van der Waals surface area contributed by atoms with Crippen molar-refractivity contribution in [2.75, 3.05) is 20.2 Å². The Morgan fingerprint density at radius 2 is 1.97 bits per heavy atom. The van der Waals surface area contributed by atoms with Gasteiger partial charge in [0.2, 0.25) is 11.8 Å². The highest BCUT2D eigenvalue weighted by atomic mass is 16.5. The normalized spacial score (nSPS) is 18.9. The van der Waals surface area contributed by atoms with Gasteiger partial charge in [-0.25, -0.2) is 4.79 Å². The Balaban J connectivity index is 1.44. The number of methoxy groups -OCH3 is 1. The van der Waals surface area contributed by atoms with Gasteiger partial charge >= 0.3 is 6.03 Å². The van der Waals surface area contributed by atoms with E-state index in [-0.39, 0.29) is 24.9 Å². The second kappa shape index (κ2) is 9.03. The minimum Gasteiger partial charge on any atom is -0.497 e. The summed E-state index contributed by atoms with van der Waals surface area (Å²) in [6.07, 6.45) is -0.124. The summed E-state index contributed by atoms with van der Waals surface area (Å²) in [4.78, 5) is 52.0. The second-order valence-corrected chi connectivity index (χ2v) is 9.02. The first-order chi connectivity index (χ1) is 17.3. The van der Waals surface area contributed by atoms with Crippen molar-refractivity contribution in [2.24, 2.45) is 0 Å². The lowest BCUT2D eigenvalue weighted by Gasteiger charge is -2.28. The summed E-state index contributed by atoms with van der Waals surface area (Å²) >= 11 is 0. The molecule has 0 saturated carbocycles. The van der Waals surface area contributed by atoms with Crippen molar-refractivity contribution in [3.05, 3.63) is 64.9 Å². The van der Waals surface area contributed by atoms with E-state index in [1.165, 1.54) is 7.11 Å². The van der Waals surface area contributed by atoms with Crippen molar-refractivity contribution in [1.82, 2.24) is 20.9 Å². The van der Waals surface area contributed by atoms with Crippen LogP contribution in [0.25, 0.3) is 11.0 Å². The Labute approximate surface area is 207 Å². The van der Waals surface area contributed by atoms with E-state index in [0.29, 0.717) is 42.3 Å². The standard InChI is InChI=1S/C26H26N4O6/c1-3-27-25(34)28-12-15-4-7-20-17(8-15)9-21(36-20)26(11-22(31)29-24(26)33)14-30-13-16-5-6-18(35-2)10-19(16)23(30)32/h4-10H,3,11-14H2,1-2H3,(H2,27,28,34)(H,29,31,33)/t26-/m1/s1. The molecule has 1 saturated heterocycles. The number of nitrogens with one attached hydrogen (secondary N) is 3. The quantitative estimate of drug-likeness (QED) is 0.436. The summed E-state index contributed by atoms with van der Waals surface area (Å²) in [5.41, 5.74) is 1.38. The van der Waals surface area contributed by atoms with Crippen molar-refractivity contribution >= 4 is 34.7 Å². The van der Waals surface area contributed by atoms with E-state index >= 15 is 0 Å². The third-order valence-electron chi connectivity index (χ3n) is 6.65. The lowest BCUT2D eigenvalue weighted by Crippen LogP contribution is -2.46. The van der Waals surface area contributed by atoms with Gasteiger partial charge in [-0.1, -0.05) is 12.1 Å². The van der Waals surface area contributed by atoms with Gasteiger partial charge in [0.05, 0.1) is 13.5 Å². The van der Waals surface area contributed by atoms with Gasteiger partial charge in [0.25, 0.3) is 5.91 Å². The summed E-state index contributed by atoms with van der Waals surface area (Å²) in [6, 6.07) is 12.2. The second-order valence-electron chi connectivity index (χ2n) is 9.02. The van der Waals surface area contributed by atoms with Crippen molar-refractivity contribution in [2.45, 2.75) is 31.8 Å². The Morgan fingerprint density at radius 1 is 1.14 bits per heavy atom. The first-order valence-electron chi connectivity index (χ1n) is 11.7. The molecule has 5 amide bonds. The molecule has 0 bridgehead atoms. The van der Waals surface area contributed by atoms with Crippen molar-refractivity contribution in [3.63, 3.8) is 0 Å². The van der Waals surface area contributed by atoms with Gasteiger partial charge in [0.1, 0.15) is 22.5 Å². The van der Waals surface area contributed by atoms with E-state index in [1.807, 2.05) is 25.1 Å². The minimum atomic E-state index is -1.35. The fraction of sp³-hybridized carbons (Fsp3) is 0.308. The largest absolute Gasteiger partial charge is 0.497 e. The summed E-state index contributed by atoms with van der Waals surface area (Å²) in [7, 11) is 1.53. The van der Waals surface area contributed by atoms with Crippen LogP contribution in [0.5, 0.6) is 5.75 Å². The van der Waals surface area contributed by atoms with Gasteiger partial charge in [0, 0.05) is 37.1 Å². The maximum atomic E-state index is 13.2. The summed E-state index contributed by atoms with van der Waals surface area (Å²) < 4.78 is 11.3. The Hall–Kier alpha value is -4.34. The van der Waals surface area contributed by atoms with E-state index in [9.17, 15) is 19.2 Å². The fourth-order valence-electron chi connectivity index (χ4n) is 4.81. The molecule has 3 N–H and O–H groups in total. The molecule has 186 valence electrons. The molecule has 0 radical (unpaired) electrons. The van der Waals surface area contributed by atoms with E-state index in [0.717, 1.165) is 16.5 Å². The molecule has 3 aromatic rings. The smallest absolute Gasteiger partial charge is 0.315 e. The third-order valence-corrected chi connectivity index (χ3v) is 6.65. The highest BCUT2D eigenvalue weighted by Gasteiger charge is 2.53. The first-order valence-corrected chi connectivity index (χ1v) is 11.7. The van der Waals surface area contributed by atoms with Crippen molar-refractivity contribution < 1.29 is 28.3 Å². The van der Waals surface area contributed by atoms with E-state index in [1.54, 1.807) is 29.2 Å². The van der Waals surface area contributed by atoms with Gasteiger partial charge in [-0.15, -0.1) is 0 Å². The van der Waals surface area contributed by atoms with Crippen LogP contribution in [0, 0.1) is 0 Å². The van der Waals surface area contributed by atoms with Gasteiger partial charge in [-0.3, -0.25) is 19.7 Å². The maximum absolute atomic E-state index is 13.2. The molecule has 2 aliphatic rings. The van der Waals surface area contributed by atoms with Crippen LogP contribution in [0.15, 0.2) is 46.9 Å². The number of benzene rings is 2. The Kier molecular flexibility index (Phi) is 5.87. The molecule has 36 heavy (non-hydrogen) atoms. The summed E-state index contributed by atoms with van der Waals surface area (Å²) in [6.45, 7) is 2.99. The lowest BCUT2D eigenvalue weighted by atomic mass is 9.82. The molecule has 0 spiro atoms. The number of ether oxygens (including phenoxy) is 1. The zero-order valence-electron chi connectivity index (χ0n) is 20.0. The molecule has 2 aromatic carbocycles. The number of imide groups is 1. The van der Waals surface area contributed by atoms with Crippen molar-refractivity contribution in [3.8, 4) is 5.75 Å². The number of amides is 5. The minimum absolute atomic E-state index is 0.00811. The van der Waals surface area contributed by atoms with Gasteiger partial charge in [-0.05, 0) is 48.4 Å². The van der Waals surface area contributed by atoms with Crippen LogP contribution in [0.4, 0.5) is 4.79 Å². The molecule has 1 aromatic heterocycles. The van der Waals surface area contributed by atoms with Crippen LogP contribution in [-0.4, -0.2) is 48.9 Å². The maximum Gasteiger partial charge on any atom is 0.315 e. The number of rotatable bonds is 7. The van der Waals surface area contributed by atoms with Crippen LogP contribution in [-0.2, 0) is 28.1 Å². The molecule has 0 aliphatic carbocycles.